The third-order valence-electron chi connectivity index (χ3n) is 2.28. The standard InChI is InChI=1S/C9H13N3O2S/c13-8-4-6(11-9(14)12-8)3-7-5-15-2-1-10-7/h4,7,10H,1-3,5H2,(H2,11,12,13,14). The van der Waals surface area contributed by atoms with Gasteiger partial charge in [0.1, 0.15) is 0 Å². The largest absolute Gasteiger partial charge is 0.325 e. The molecule has 1 aliphatic heterocycles. The Morgan fingerprint density at radius 3 is 2.93 bits per heavy atom. The molecule has 1 unspecified atom stereocenters. The molecule has 1 fully saturated rings. The molecule has 0 radical (unpaired) electrons. The summed E-state index contributed by atoms with van der Waals surface area (Å²) in [5.74, 6) is 2.15. The summed E-state index contributed by atoms with van der Waals surface area (Å²) >= 11 is 1.89. The van der Waals surface area contributed by atoms with E-state index in [2.05, 4.69) is 15.3 Å². The molecule has 2 heterocycles. The predicted octanol–water partition coefficient (Wildman–Crippen LogP) is -0.689. The van der Waals surface area contributed by atoms with Crippen molar-refractivity contribution in [3.05, 3.63) is 32.6 Å². The van der Waals surface area contributed by atoms with Crippen molar-refractivity contribution in [2.24, 2.45) is 0 Å². The van der Waals surface area contributed by atoms with Crippen LogP contribution in [0.2, 0.25) is 0 Å². The van der Waals surface area contributed by atoms with Crippen LogP contribution in [-0.2, 0) is 6.42 Å². The molecular formula is C9H13N3O2S. The van der Waals surface area contributed by atoms with Gasteiger partial charge in [-0.2, -0.15) is 11.8 Å². The smallest absolute Gasteiger partial charge is 0.312 e. The van der Waals surface area contributed by atoms with E-state index >= 15 is 0 Å². The van der Waals surface area contributed by atoms with Gasteiger partial charge >= 0.3 is 5.69 Å². The van der Waals surface area contributed by atoms with Crippen LogP contribution < -0.4 is 16.6 Å². The highest BCUT2D eigenvalue weighted by atomic mass is 32.2. The van der Waals surface area contributed by atoms with E-state index in [9.17, 15) is 9.59 Å². The van der Waals surface area contributed by atoms with E-state index in [-0.39, 0.29) is 5.56 Å². The second kappa shape index (κ2) is 4.67. The van der Waals surface area contributed by atoms with Gasteiger partial charge < -0.3 is 10.3 Å². The Morgan fingerprint density at radius 1 is 1.40 bits per heavy atom. The van der Waals surface area contributed by atoms with Crippen molar-refractivity contribution in [2.75, 3.05) is 18.1 Å². The van der Waals surface area contributed by atoms with E-state index in [1.807, 2.05) is 11.8 Å². The highest BCUT2D eigenvalue weighted by molar-refractivity contribution is 7.99. The van der Waals surface area contributed by atoms with E-state index in [0.29, 0.717) is 18.2 Å². The van der Waals surface area contributed by atoms with Crippen LogP contribution in [0.5, 0.6) is 0 Å². The second-order valence-electron chi connectivity index (χ2n) is 3.54. The molecule has 1 saturated heterocycles. The van der Waals surface area contributed by atoms with E-state index in [0.717, 1.165) is 18.1 Å². The summed E-state index contributed by atoms with van der Waals surface area (Å²) in [7, 11) is 0. The van der Waals surface area contributed by atoms with Gasteiger partial charge in [0.05, 0.1) is 0 Å². The quantitative estimate of drug-likeness (QED) is 0.625. The number of rotatable bonds is 2. The Morgan fingerprint density at radius 2 is 2.27 bits per heavy atom. The number of hydrogen-bond acceptors (Lipinski definition) is 4. The lowest BCUT2D eigenvalue weighted by Gasteiger charge is -2.22. The van der Waals surface area contributed by atoms with Crippen molar-refractivity contribution in [2.45, 2.75) is 12.5 Å². The number of H-pyrrole nitrogens is 2. The van der Waals surface area contributed by atoms with Gasteiger partial charge in [-0.05, 0) is 0 Å². The number of aromatic nitrogens is 2. The Hall–Kier alpha value is -1.01. The predicted molar refractivity (Wildman–Crippen MR) is 60.5 cm³/mol. The summed E-state index contributed by atoms with van der Waals surface area (Å²) in [6.45, 7) is 0.989. The number of nitrogens with one attached hydrogen (secondary N) is 3. The van der Waals surface area contributed by atoms with Crippen molar-refractivity contribution in [1.29, 1.82) is 0 Å². The van der Waals surface area contributed by atoms with Crippen LogP contribution in [0.4, 0.5) is 0 Å². The van der Waals surface area contributed by atoms with Crippen LogP contribution in [0.1, 0.15) is 5.69 Å². The van der Waals surface area contributed by atoms with Crippen LogP contribution in [-0.4, -0.2) is 34.1 Å². The lowest BCUT2D eigenvalue weighted by atomic mass is 10.2. The van der Waals surface area contributed by atoms with Crippen molar-refractivity contribution in [3.8, 4) is 0 Å². The average molecular weight is 227 g/mol. The van der Waals surface area contributed by atoms with Crippen molar-refractivity contribution in [1.82, 2.24) is 15.3 Å². The monoisotopic (exact) mass is 227 g/mol. The Labute approximate surface area is 90.7 Å². The summed E-state index contributed by atoms with van der Waals surface area (Å²) in [5, 5.41) is 3.35. The minimum absolute atomic E-state index is 0.336. The van der Waals surface area contributed by atoms with Gasteiger partial charge in [-0.3, -0.25) is 9.78 Å². The van der Waals surface area contributed by atoms with Crippen LogP contribution in [0.25, 0.3) is 0 Å². The Bertz CT molecular complexity index is 405. The molecule has 3 N–H and O–H groups in total. The first-order valence-corrected chi connectivity index (χ1v) is 6.03. The molecular weight excluding hydrogens is 214 g/mol. The maximum absolute atomic E-state index is 11.1. The zero-order valence-corrected chi connectivity index (χ0v) is 9.02. The van der Waals surface area contributed by atoms with Gasteiger partial charge in [0.25, 0.3) is 5.56 Å². The van der Waals surface area contributed by atoms with Gasteiger partial charge in [0.15, 0.2) is 0 Å². The summed E-state index contributed by atoms with van der Waals surface area (Å²) in [4.78, 5) is 26.9. The first-order valence-electron chi connectivity index (χ1n) is 4.88. The van der Waals surface area contributed by atoms with Crippen molar-refractivity contribution >= 4 is 11.8 Å². The topological polar surface area (TPSA) is 77.8 Å². The molecule has 0 aromatic carbocycles. The normalized spacial score (nSPS) is 21.5. The van der Waals surface area contributed by atoms with E-state index < -0.39 is 5.69 Å². The van der Waals surface area contributed by atoms with E-state index in [1.54, 1.807) is 0 Å². The van der Waals surface area contributed by atoms with Crippen molar-refractivity contribution in [3.63, 3.8) is 0 Å². The minimum atomic E-state index is -0.430. The lowest BCUT2D eigenvalue weighted by Crippen LogP contribution is -2.39. The summed E-state index contributed by atoms with van der Waals surface area (Å²) in [5.41, 5.74) is -0.0677. The molecule has 1 aromatic heterocycles. The zero-order valence-electron chi connectivity index (χ0n) is 8.21. The second-order valence-corrected chi connectivity index (χ2v) is 4.69. The molecule has 1 atom stereocenters. The zero-order chi connectivity index (χ0) is 10.7. The first-order chi connectivity index (χ1) is 7.24. The van der Waals surface area contributed by atoms with Gasteiger partial charge in [0.2, 0.25) is 0 Å². The lowest BCUT2D eigenvalue weighted by molar-refractivity contribution is 0.555. The Balaban J connectivity index is 2.09. The minimum Gasteiger partial charge on any atom is -0.312 e. The fraction of sp³-hybridized carbons (Fsp3) is 0.556. The third-order valence-corrected chi connectivity index (χ3v) is 3.41. The van der Waals surface area contributed by atoms with Crippen LogP contribution in [0, 0.1) is 0 Å². The van der Waals surface area contributed by atoms with Gasteiger partial charge in [0, 0.05) is 42.3 Å². The summed E-state index contributed by atoms with van der Waals surface area (Å²) < 4.78 is 0. The molecule has 1 aliphatic rings. The van der Waals surface area contributed by atoms with Gasteiger partial charge in [-0.1, -0.05) is 0 Å². The van der Waals surface area contributed by atoms with Crippen LogP contribution in [0.15, 0.2) is 15.7 Å². The third kappa shape index (κ3) is 2.97. The van der Waals surface area contributed by atoms with Gasteiger partial charge in [-0.15, -0.1) is 0 Å². The van der Waals surface area contributed by atoms with E-state index in [4.69, 9.17) is 0 Å². The molecule has 15 heavy (non-hydrogen) atoms. The molecule has 2 rings (SSSR count). The molecule has 1 aromatic rings. The van der Waals surface area contributed by atoms with Crippen LogP contribution in [0.3, 0.4) is 0 Å². The van der Waals surface area contributed by atoms with E-state index in [1.165, 1.54) is 6.07 Å². The maximum Gasteiger partial charge on any atom is 0.325 e. The van der Waals surface area contributed by atoms with Crippen molar-refractivity contribution < 1.29 is 0 Å². The highest BCUT2D eigenvalue weighted by Gasteiger charge is 2.13. The summed E-state index contributed by atoms with van der Waals surface area (Å²) in [6, 6.07) is 1.80. The highest BCUT2D eigenvalue weighted by Crippen LogP contribution is 2.10. The summed E-state index contributed by atoms with van der Waals surface area (Å²) in [6.07, 6.45) is 0.701. The molecule has 0 bridgehead atoms. The first kappa shape index (κ1) is 10.5. The number of aromatic amines is 2. The molecule has 0 amide bonds. The Kier molecular flexibility index (Phi) is 3.27. The van der Waals surface area contributed by atoms with Crippen LogP contribution >= 0.6 is 11.8 Å². The molecule has 0 saturated carbocycles. The molecule has 5 nitrogen and oxygen atoms in total. The maximum atomic E-state index is 11.1. The fourth-order valence-electron chi connectivity index (χ4n) is 1.65. The molecule has 0 aliphatic carbocycles. The molecule has 82 valence electrons. The van der Waals surface area contributed by atoms with Gasteiger partial charge in [-0.25, -0.2) is 4.79 Å². The molecule has 0 spiro atoms. The number of thioether (sulfide) groups is 1. The SMILES string of the molecule is O=c1cc(CC2CSCCN2)[nH]c(=O)[nH]1. The number of hydrogen-bond donors (Lipinski definition) is 3. The fourth-order valence-corrected chi connectivity index (χ4v) is 2.59. The molecule has 6 heteroatoms. The average Bonchev–Trinajstić information content (AvgIpc) is 2.17.